The number of ether oxygens (including phenoxy) is 1. The Morgan fingerprint density at radius 1 is 0.905 bits per heavy atom. The standard InChI is InChI=1S/C18H22N2O/c19-18(15-10-12-20-13-11-15)14-6-8-17(9-7-14)21-16-4-2-1-3-5-16/h1-9,15,18,20H,10-13,19H2/t18-/m0/s1. The van der Waals surface area contributed by atoms with E-state index in [-0.39, 0.29) is 6.04 Å². The highest BCUT2D eigenvalue weighted by Gasteiger charge is 2.21. The molecule has 0 amide bonds. The maximum Gasteiger partial charge on any atom is 0.127 e. The second-order valence-electron chi connectivity index (χ2n) is 5.60. The number of hydrogen-bond donors (Lipinski definition) is 2. The van der Waals surface area contributed by atoms with Gasteiger partial charge >= 0.3 is 0 Å². The molecular weight excluding hydrogens is 260 g/mol. The van der Waals surface area contributed by atoms with Crippen molar-refractivity contribution >= 4 is 0 Å². The fourth-order valence-corrected chi connectivity index (χ4v) is 2.86. The Balaban J connectivity index is 1.66. The average molecular weight is 282 g/mol. The topological polar surface area (TPSA) is 47.3 Å². The van der Waals surface area contributed by atoms with Crippen LogP contribution >= 0.6 is 0 Å². The summed E-state index contributed by atoms with van der Waals surface area (Å²) in [6, 6.07) is 18.1. The molecule has 2 aromatic rings. The van der Waals surface area contributed by atoms with Gasteiger partial charge in [-0.3, -0.25) is 0 Å². The number of para-hydroxylation sites is 1. The van der Waals surface area contributed by atoms with E-state index in [0.717, 1.165) is 37.4 Å². The predicted molar refractivity (Wildman–Crippen MR) is 85.5 cm³/mol. The van der Waals surface area contributed by atoms with Gasteiger partial charge in [0.1, 0.15) is 11.5 Å². The summed E-state index contributed by atoms with van der Waals surface area (Å²) in [6.07, 6.45) is 2.31. The van der Waals surface area contributed by atoms with Crippen molar-refractivity contribution in [2.75, 3.05) is 13.1 Å². The minimum Gasteiger partial charge on any atom is -0.457 e. The highest BCUT2D eigenvalue weighted by atomic mass is 16.5. The van der Waals surface area contributed by atoms with Crippen molar-refractivity contribution in [2.24, 2.45) is 11.7 Å². The lowest BCUT2D eigenvalue weighted by molar-refractivity contribution is 0.322. The molecule has 0 aromatic heterocycles. The van der Waals surface area contributed by atoms with Crippen LogP contribution in [0, 0.1) is 5.92 Å². The van der Waals surface area contributed by atoms with Crippen LogP contribution in [-0.2, 0) is 0 Å². The first-order valence-electron chi connectivity index (χ1n) is 7.62. The summed E-state index contributed by atoms with van der Waals surface area (Å²) in [4.78, 5) is 0. The van der Waals surface area contributed by atoms with Crippen LogP contribution in [0.4, 0.5) is 0 Å². The Hall–Kier alpha value is -1.84. The molecule has 1 atom stereocenters. The predicted octanol–water partition coefficient (Wildman–Crippen LogP) is 3.48. The van der Waals surface area contributed by atoms with Gasteiger partial charge in [0.25, 0.3) is 0 Å². The lowest BCUT2D eigenvalue weighted by atomic mass is 9.86. The number of nitrogens with one attached hydrogen (secondary N) is 1. The molecule has 0 aliphatic carbocycles. The van der Waals surface area contributed by atoms with Gasteiger partial charge in [0.2, 0.25) is 0 Å². The van der Waals surface area contributed by atoms with Crippen LogP contribution in [0.3, 0.4) is 0 Å². The van der Waals surface area contributed by atoms with E-state index < -0.39 is 0 Å². The van der Waals surface area contributed by atoms with Gasteiger partial charge in [-0.05, 0) is 61.7 Å². The van der Waals surface area contributed by atoms with E-state index in [1.165, 1.54) is 5.56 Å². The molecule has 21 heavy (non-hydrogen) atoms. The molecule has 1 fully saturated rings. The van der Waals surface area contributed by atoms with E-state index >= 15 is 0 Å². The summed E-state index contributed by atoms with van der Waals surface area (Å²) in [7, 11) is 0. The number of hydrogen-bond acceptors (Lipinski definition) is 3. The highest BCUT2D eigenvalue weighted by Crippen LogP contribution is 2.29. The van der Waals surface area contributed by atoms with Gasteiger partial charge in [-0.15, -0.1) is 0 Å². The summed E-state index contributed by atoms with van der Waals surface area (Å²) in [5.74, 6) is 2.28. The average Bonchev–Trinajstić information content (AvgIpc) is 2.57. The minimum absolute atomic E-state index is 0.123. The zero-order chi connectivity index (χ0) is 14.5. The zero-order valence-electron chi connectivity index (χ0n) is 12.2. The molecule has 1 aliphatic rings. The lowest BCUT2D eigenvalue weighted by Gasteiger charge is -2.28. The SMILES string of the molecule is N[C@@H](c1ccc(Oc2ccccc2)cc1)C1CCNCC1. The van der Waals surface area contributed by atoms with Gasteiger partial charge in [0.05, 0.1) is 0 Å². The Labute approximate surface area is 126 Å². The normalized spacial score (nSPS) is 17.4. The van der Waals surface area contributed by atoms with Crippen molar-refractivity contribution < 1.29 is 4.74 Å². The molecular formula is C18H22N2O. The van der Waals surface area contributed by atoms with Crippen LogP contribution in [0.1, 0.15) is 24.4 Å². The van der Waals surface area contributed by atoms with E-state index in [9.17, 15) is 0 Å². The van der Waals surface area contributed by atoms with Crippen LogP contribution in [0.25, 0.3) is 0 Å². The fourth-order valence-electron chi connectivity index (χ4n) is 2.86. The molecule has 1 heterocycles. The molecule has 1 saturated heterocycles. The largest absolute Gasteiger partial charge is 0.457 e. The van der Waals surface area contributed by atoms with E-state index in [2.05, 4.69) is 17.4 Å². The first-order chi connectivity index (χ1) is 10.3. The number of piperidine rings is 1. The zero-order valence-corrected chi connectivity index (χ0v) is 12.2. The molecule has 0 bridgehead atoms. The molecule has 0 saturated carbocycles. The third kappa shape index (κ3) is 3.63. The van der Waals surface area contributed by atoms with Crippen molar-refractivity contribution in [3.63, 3.8) is 0 Å². The Morgan fingerprint density at radius 2 is 1.52 bits per heavy atom. The van der Waals surface area contributed by atoms with Crippen molar-refractivity contribution in [1.82, 2.24) is 5.32 Å². The fraction of sp³-hybridized carbons (Fsp3) is 0.333. The van der Waals surface area contributed by atoms with Gasteiger partial charge in [0, 0.05) is 6.04 Å². The van der Waals surface area contributed by atoms with Gasteiger partial charge in [-0.2, -0.15) is 0 Å². The molecule has 3 nitrogen and oxygen atoms in total. The molecule has 2 aromatic carbocycles. The third-order valence-electron chi connectivity index (χ3n) is 4.14. The quantitative estimate of drug-likeness (QED) is 0.902. The molecule has 0 radical (unpaired) electrons. The summed E-state index contributed by atoms with van der Waals surface area (Å²) < 4.78 is 5.81. The van der Waals surface area contributed by atoms with Crippen LogP contribution < -0.4 is 15.8 Å². The van der Waals surface area contributed by atoms with Gasteiger partial charge in [-0.1, -0.05) is 30.3 Å². The number of nitrogens with two attached hydrogens (primary N) is 1. The summed E-state index contributed by atoms with van der Waals surface area (Å²) in [6.45, 7) is 2.15. The molecule has 3 rings (SSSR count). The van der Waals surface area contributed by atoms with Crippen molar-refractivity contribution in [2.45, 2.75) is 18.9 Å². The van der Waals surface area contributed by atoms with Crippen molar-refractivity contribution in [3.05, 3.63) is 60.2 Å². The van der Waals surface area contributed by atoms with Crippen LogP contribution in [0.2, 0.25) is 0 Å². The first-order valence-corrected chi connectivity index (χ1v) is 7.62. The molecule has 3 N–H and O–H groups in total. The van der Waals surface area contributed by atoms with Crippen LogP contribution in [0.15, 0.2) is 54.6 Å². The molecule has 110 valence electrons. The molecule has 1 aliphatic heterocycles. The summed E-state index contributed by atoms with van der Waals surface area (Å²) in [5.41, 5.74) is 7.60. The minimum atomic E-state index is 0.123. The summed E-state index contributed by atoms with van der Waals surface area (Å²) in [5, 5.41) is 3.38. The number of rotatable bonds is 4. The van der Waals surface area contributed by atoms with E-state index in [1.807, 2.05) is 42.5 Å². The van der Waals surface area contributed by atoms with Crippen LogP contribution in [-0.4, -0.2) is 13.1 Å². The van der Waals surface area contributed by atoms with Crippen molar-refractivity contribution in [3.8, 4) is 11.5 Å². The Kier molecular flexibility index (Phi) is 4.53. The lowest BCUT2D eigenvalue weighted by Crippen LogP contribution is -2.33. The Morgan fingerprint density at radius 3 is 2.19 bits per heavy atom. The summed E-state index contributed by atoms with van der Waals surface area (Å²) >= 11 is 0. The second-order valence-corrected chi connectivity index (χ2v) is 5.60. The van der Waals surface area contributed by atoms with E-state index in [4.69, 9.17) is 10.5 Å². The molecule has 0 unspecified atom stereocenters. The molecule has 0 spiro atoms. The van der Waals surface area contributed by atoms with Gasteiger partial charge in [0.15, 0.2) is 0 Å². The Bertz CT molecular complexity index is 547. The maximum absolute atomic E-state index is 6.40. The van der Waals surface area contributed by atoms with Gasteiger partial charge in [-0.25, -0.2) is 0 Å². The van der Waals surface area contributed by atoms with E-state index in [0.29, 0.717) is 5.92 Å². The first kappa shape index (κ1) is 14.1. The third-order valence-corrected chi connectivity index (χ3v) is 4.14. The highest BCUT2D eigenvalue weighted by molar-refractivity contribution is 5.34. The maximum atomic E-state index is 6.40. The number of benzene rings is 2. The van der Waals surface area contributed by atoms with E-state index in [1.54, 1.807) is 0 Å². The van der Waals surface area contributed by atoms with Crippen LogP contribution in [0.5, 0.6) is 11.5 Å². The van der Waals surface area contributed by atoms with Crippen molar-refractivity contribution in [1.29, 1.82) is 0 Å². The second kappa shape index (κ2) is 6.74. The monoisotopic (exact) mass is 282 g/mol. The molecule has 3 heteroatoms. The van der Waals surface area contributed by atoms with Gasteiger partial charge < -0.3 is 15.8 Å². The smallest absolute Gasteiger partial charge is 0.127 e.